The number of aliphatic carboxylic acids is 1. The number of benzene rings is 2. The van der Waals surface area contributed by atoms with Gasteiger partial charge < -0.3 is 20.5 Å². The van der Waals surface area contributed by atoms with E-state index >= 15 is 0 Å². The summed E-state index contributed by atoms with van der Waals surface area (Å²) in [6.07, 6.45) is 0.759. The maximum atomic E-state index is 12.6. The second-order valence-corrected chi connectivity index (χ2v) is 9.91. The Morgan fingerprint density at radius 3 is 2.15 bits per heavy atom. The number of hydrogen-bond donors (Lipinski definition) is 3. The molecule has 0 heterocycles. The SMILES string of the molecule is CC(C)(C)CCCNC(=O)C(CCC(=O)O)NC(=O)OCC1c2ccccc2-c2ccccc21. The molecule has 34 heavy (non-hydrogen) atoms. The third-order valence-corrected chi connectivity index (χ3v) is 6.00. The minimum atomic E-state index is -1.03. The Balaban J connectivity index is 1.59. The van der Waals surface area contributed by atoms with Crippen LogP contribution in [0.15, 0.2) is 48.5 Å². The van der Waals surface area contributed by atoms with Gasteiger partial charge in [0.15, 0.2) is 0 Å². The fourth-order valence-electron chi connectivity index (χ4n) is 4.27. The number of carbonyl (C=O) groups excluding carboxylic acids is 2. The first-order chi connectivity index (χ1) is 16.2. The number of rotatable bonds is 10. The van der Waals surface area contributed by atoms with Crippen molar-refractivity contribution in [3.8, 4) is 11.1 Å². The van der Waals surface area contributed by atoms with Crippen LogP contribution in [0.25, 0.3) is 11.1 Å². The molecule has 2 aromatic rings. The van der Waals surface area contributed by atoms with Gasteiger partial charge in [-0.3, -0.25) is 9.59 Å². The first-order valence-electron chi connectivity index (χ1n) is 11.8. The lowest BCUT2D eigenvalue weighted by molar-refractivity contribution is -0.137. The van der Waals surface area contributed by atoms with Crippen molar-refractivity contribution in [2.24, 2.45) is 5.41 Å². The van der Waals surface area contributed by atoms with Crippen molar-refractivity contribution in [2.45, 2.75) is 58.4 Å². The minimum Gasteiger partial charge on any atom is -0.481 e. The van der Waals surface area contributed by atoms with Crippen LogP contribution in [-0.4, -0.2) is 42.3 Å². The topological polar surface area (TPSA) is 105 Å². The third-order valence-electron chi connectivity index (χ3n) is 6.00. The third kappa shape index (κ3) is 6.83. The predicted molar refractivity (Wildman–Crippen MR) is 131 cm³/mol. The second kappa shape index (κ2) is 11.2. The number of alkyl carbamates (subject to hydrolysis) is 1. The molecule has 0 spiro atoms. The molecular weight excluding hydrogens is 432 g/mol. The average Bonchev–Trinajstić information content (AvgIpc) is 3.11. The molecule has 3 N–H and O–H groups in total. The molecular formula is C27H34N2O5. The molecule has 2 aromatic carbocycles. The molecule has 182 valence electrons. The summed E-state index contributed by atoms with van der Waals surface area (Å²) in [7, 11) is 0. The molecule has 1 aliphatic rings. The standard InChI is InChI=1S/C27H34N2O5/c1-27(2,3)15-8-16-28-25(32)23(13-14-24(30)31)29-26(33)34-17-22-20-11-6-4-9-18(20)19-10-5-7-12-21(19)22/h4-7,9-12,22-23H,8,13-17H2,1-3H3,(H,28,32)(H,29,33)(H,30,31). The number of carbonyl (C=O) groups is 3. The van der Waals surface area contributed by atoms with E-state index in [4.69, 9.17) is 9.84 Å². The molecule has 0 aromatic heterocycles. The van der Waals surface area contributed by atoms with E-state index in [1.165, 1.54) is 0 Å². The zero-order valence-electron chi connectivity index (χ0n) is 20.1. The number of ether oxygens (including phenoxy) is 1. The molecule has 1 unspecified atom stereocenters. The summed E-state index contributed by atoms with van der Waals surface area (Å²) in [6, 6.07) is 15.1. The summed E-state index contributed by atoms with van der Waals surface area (Å²) in [4.78, 5) is 36.3. The Labute approximate surface area is 200 Å². The molecule has 7 heteroatoms. The van der Waals surface area contributed by atoms with Gasteiger partial charge in [-0.15, -0.1) is 0 Å². The fourth-order valence-corrected chi connectivity index (χ4v) is 4.27. The van der Waals surface area contributed by atoms with Crippen LogP contribution < -0.4 is 10.6 Å². The Bertz CT molecular complexity index is 982. The summed E-state index contributed by atoms with van der Waals surface area (Å²) < 4.78 is 5.52. The van der Waals surface area contributed by atoms with Gasteiger partial charge in [0.2, 0.25) is 5.91 Å². The largest absolute Gasteiger partial charge is 0.481 e. The smallest absolute Gasteiger partial charge is 0.407 e. The molecule has 0 saturated heterocycles. The summed E-state index contributed by atoms with van der Waals surface area (Å²) in [5.74, 6) is -1.52. The van der Waals surface area contributed by atoms with E-state index in [1.54, 1.807) is 0 Å². The first kappa shape index (κ1) is 25.3. The van der Waals surface area contributed by atoms with E-state index in [2.05, 4.69) is 43.5 Å². The van der Waals surface area contributed by atoms with E-state index in [9.17, 15) is 14.4 Å². The van der Waals surface area contributed by atoms with E-state index in [-0.39, 0.29) is 30.8 Å². The maximum absolute atomic E-state index is 12.6. The van der Waals surface area contributed by atoms with E-state index in [0.717, 1.165) is 35.1 Å². The predicted octanol–water partition coefficient (Wildman–Crippen LogP) is 4.70. The zero-order chi connectivity index (χ0) is 24.7. The summed E-state index contributed by atoms with van der Waals surface area (Å²) in [6.45, 7) is 6.97. The van der Waals surface area contributed by atoms with E-state index < -0.39 is 24.0 Å². The van der Waals surface area contributed by atoms with Gasteiger partial charge in [-0.05, 0) is 46.9 Å². The van der Waals surface area contributed by atoms with Crippen LogP contribution in [0.2, 0.25) is 0 Å². The molecule has 2 amide bonds. The summed E-state index contributed by atoms with van der Waals surface area (Å²) >= 11 is 0. The molecule has 7 nitrogen and oxygen atoms in total. The van der Waals surface area contributed by atoms with Gasteiger partial charge in [-0.25, -0.2) is 4.79 Å². The van der Waals surface area contributed by atoms with Crippen molar-refractivity contribution in [1.29, 1.82) is 0 Å². The van der Waals surface area contributed by atoms with Crippen molar-refractivity contribution in [2.75, 3.05) is 13.2 Å². The highest BCUT2D eigenvalue weighted by atomic mass is 16.5. The van der Waals surface area contributed by atoms with Crippen LogP contribution in [0.3, 0.4) is 0 Å². The number of hydrogen-bond acceptors (Lipinski definition) is 4. The van der Waals surface area contributed by atoms with Crippen molar-refractivity contribution >= 4 is 18.0 Å². The molecule has 0 saturated carbocycles. The highest BCUT2D eigenvalue weighted by Gasteiger charge is 2.30. The molecule has 0 aliphatic heterocycles. The number of nitrogens with one attached hydrogen (secondary N) is 2. The second-order valence-electron chi connectivity index (χ2n) is 9.91. The van der Waals surface area contributed by atoms with Gasteiger partial charge in [0, 0.05) is 18.9 Å². The van der Waals surface area contributed by atoms with Crippen molar-refractivity contribution < 1.29 is 24.2 Å². The van der Waals surface area contributed by atoms with Gasteiger partial charge in [0.25, 0.3) is 0 Å². The molecule has 0 radical (unpaired) electrons. The Kier molecular flexibility index (Phi) is 8.31. The molecule has 0 bridgehead atoms. The highest BCUT2D eigenvalue weighted by molar-refractivity contribution is 5.86. The van der Waals surface area contributed by atoms with Gasteiger partial charge in [-0.2, -0.15) is 0 Å². The van der Waals surface area contributed by atoms with Crippen LogP contribution in [-0.2, 0) is 14.3 Å². The zero-order valence-corrected chi connectivity index (χ0v) is 20.1. The van der Waals surface area contributed by atoms with E-state index in [0.29, 0.717) is 6.54 Å². The number of amides is 2. The lowest BCUT2D eigenvalue weighted by Gasteiger charge is -2.20. The van der Waals surface area contributed by atoms with Gasteiger partial charge in [0.05, 0.1) is 0 Å². The van der Waals surface area contributed by atoms with Gasteiger partial charge >= 0.3 is 12.1 Å². The number of carboxylic acid groups (broad SMARTS) is 1. The Morgan fingerprint density at radius 1 is 1.00 bits per heavy atom. The van der Waals surface area contributed by atoms with Crippen LogP contribution in [0, 0.1) is 5.41 Å². The van der Waals surface area contributed by atoms with E-state index in [1.807, 2.05) is 36.4 Å². The van der Waals surface area contributed by atoms with Crippen molar-refractivity contribution in [1.82, 2.24) is 10.6 Å². The van der Waals surface area contributed by atoms with Crippen LogP contribution in [0.5, 0.6) is 0 Å². The minimum absolute atomic E-state index is 0.00929. The molecule has 0 fully saturated rings. The Hall–Kier alpha value is -3.35. The first-order valence-corrected chi connectivity index (χ1v) is 11.8. The quantitative estimate of drug-likeness (QED) is 0.440. The number of fused-ring (bicyclic) bond motifs is 3. The van der Waals surface area contributed by atoms with Crippen molar-refractivity contribution in [3.63, 3.8) is 0 Å². The Morgan fingerprint density at radius 2 is 1.59 bits per heavy atom. The van der Waals surface area contributed by atoms with Crippen molar-refractivity contribution in [3.05, 3.63) is 59.7 Å². The van der Waals surface area contributed by atoms with Gasteiger partial charge in [0.1, 0.15) is 12.6 Å². The van der Waals surface area contributed by atoms with Gasteiger partial charge in [-0.1, -0.05) is 69.3 Å². The lowest BCUT2D eigenvalue weighted by atomic mass is 9.91. The summed E-state index contributed by atoms with van der Waals surface area (Å²) in [5.41, 5.74) is 4.60. The fraction of sp³-hybridized carbons (Fsp3) is 0.444. The van der Waals surface area contributed by atoms with Crippen LogP contribution in [0.4, 0.5) is 4.79 Å². The normalized spacial score (nSPS) is 13.5. The van der Waals surface area contributed by atoms with Crippen LogP contribution >= 0.6 is 0 Å². The monoisotopic (exact) mass is 466 g/mol. The average molecular weight is 467 g/mol. The maximum Gasteiger partial charge on any atom is 0.407 e. The summed E-state index contributed by atoms with van der Waals surface area (Å²) in [5, 5.41) is 14.4. The molecule has 3 rings (SSSR count). The van der Waals surface area contributed by atoms with Crippen LogP contribution in [0.1, 0.15) is 63.5 Å². The number of carboxylic acids is 1. The molecule has 1 atom stereocenters. The highest BCUT2D eigenvalue weighted by Crippen LogP contribution is 2.44. The lowest BCUT2D eigenvalue weighted by Crippen LogP contribution is -2.47. The molecule has 1 aliphatic carbocycles.